The summed E-state index contributed by atoms with van der Waals surface area (Å²) in [4.78, 5) is 9.50. The van der Waals surface area contributed by atoms with E-state index in [4.69, 9.17) is 19.6 Å². The predicted octanol–water partition coefficient (Wildman–Crippen LogP) is 0.222. The van der Waals surface area contributed by atoms with Crippen molar-refractivity contribution in [1.82, 2.24) is 25.0 Å². The molecular weight excluding hydrogens is 390 g/mol. The summed E-state index contributed by atoms with van der Waals surface area (Å²) in [5.74, 6) is 3.87. The minimum absolute atomic E-state index is 0.366. The Bertz CT molecular complexity index is 728. The number of fused-ring (bicyclic) bond motifs is 1. The minimum Gasteiger partial charge on any atom is -0.379 e. The van der Waals surface area contributed by atoms with Crippen LogP contribution in [-0.4, -0.2) is 103 Å². The third-order valence-corrected chi connectivity index (χ3v) is 7.10. The molecule has 9 nitrogen and oxygen atoms in total. The van der Waals surface area contributed by atoms with Gasteiger partial charge in [-0.3, -0.25) is 4.90 Å². The zero-order valence-electron chi connectivity index (χ0n) is 16.9. The van der Waals surface area contributed by atoms with Gasteiger partial charge in [0.2, 0.25) is 11.9 Å². The van der Waals surface area contributed by atoms with Gasteiger partial charge >= 0.3 is 0 Å². The zero-order chi connectivity index (χ0) is 19.5. The number of nitrogens with one attached hydrogen (secondary N) is 2. The van der Waals surface area contributed by atoms with Crippen LogP contribution in [0.5, 0.6) is 0 Å². The fourth-order valence-corrected chi connectivity index (χ4v) is 5.44. The van der Waals surface area contributed by atoms with Gasteiger partial charge in [-0.1, -0.05) is 0 Å². The van der Waals surface area contributed by atoms with Gasteiger partial charge in [0, 0.05) is 43.4 Å². The third-order valence-electron chi connectivity index (χ3n) is 5.98. The summed E-state index contributed by atoms with van der Waals surface area (Å²) in [6.45, 7) is 10.1. The molecule has 1 aromatic heterocycles. The molecule has 0 saturated carbocycles. The first kappa shape index (κ1) is 19.6. The summed E-state index contributed by atoms with van der Waals surface area (Å²) in [7, 11) is 0. The van der Waals surface area contributed by atoms with Crippen molar-refractivity contribution in [3.8, 4) is 0 Å². The average molecular weight is 422 g/mol. The van der Waals surface area contributed by atoms with Gasteiger partial charge in [0.15, 0.2) is 0 Å². The molecule has 160 valence electrons. The molecule has 29 heavy (non-hydrogen) atoms. The summed E-state index contributed by atoms with van der Waals surface area (Å²) in [5, 5.41) is 12.1. The quantitative estimate of drug-likeness (QED) is 0.627. The summed E-state index contributed by atoms with van der Waals surface area (Å²) < 4.78 is 12.9. The SMILES string of the molecule is C(CNC1CSCC2=C1Nc1nc(N3CCOCC3)nn1C2)CN1CCOCC1. The first-order valence-corrected chi connectivity index (χ1v) is 11.9. The van der Waals surface area contributed by atoms with Crippen LogP contribution < -0.4 is 15.5 Å². The maximum atomic E-state index is 5.45. The van der Waals surface area contributed by atoms with Crippen LogP contribution in [0, 0.1) is 0 Å². The molecule has 5 rings (SSSR count). The number of anilines is 2. The van der Waals surface area contributed by atoms with Crippen molar-refractivity contribution >= 4 is 23.7 Å². The van der Waals surface area contributed by atoms with E-state index >= 15 is 0 Å². The summed E-state index contributed by atoms with van der Waals surface area (Å²) >= 11 is 2.01. The number of thioether (sulfide) groups is 1. The van der Waals surface area contributed by atoms with E-state index < -0.39 is 0 Å². The van der Waals surface area contributed by atoms with Gasteiger partial charge in [-0.15, -0.1) is 5.10 Å². The second-order valence-electron chi connectivity index (χ2n) is 7.96. The standard InChI is InChI=1S/C19H31N7O2S/c1(3-24-4-8-27-9-5-24)2-20-16-14-29-13-15-12-26-18(21-17(15)16)22-19(23-26)25-6-10-28-11-7-25/h16,20H,1-14H2,(H,21,22,23). The highest BCUT2D eigenvalue weighted by molar-refractivity contribution is 7.99. The molecule has 0 spiro atoms. The van der Waals surface area contributed by atoms with Crippen LogP contribution in [0.4, 0.5) is 11.9 Å². The van der Waals surface area contributed by atoms with Crippen LogP contribution >= 0.6 is 11.8 Å². The Balaban J connectivity index is 1.17. The Morgan fingerprint density at radius 1 is 1.10 bits per heavy atom. The Morgan fingerprint density at radius 3 is 2.72 bits per heavy atom. The Kier molecular flexibility index (Phi) is 6.24. The lowest BCUT2D eigenvalue weighted by Gasteiger charge is -2.33. The van der Waals surface area contributed by atoms with Gasteiger partial charge < -0.3 is 25.0 Å². The molecule has 0 bridgehead atoms. The molecule has 4 aliphatic rings. The van der Waals surface area contributed by atoms with E-state index in [0.717, 1.165) is 95.6 Å². The Hall–Kier alpha value is -1.33. The van der Waals surface area contributed by atoms with Crippen molar-refractivity contribution in [2.75, 3.05) is 87.4 Å². The maximum absolute atomic E-state index is 5.45. The summed E-state index contributed by atoms with van der Waals surface area (Å²) in [6, 6.07) is 0.366. The highest BCUT2D eigenvalue weighted by Crippen LogP contribution is 2.31. The molecule has 2 fully saturated rings. The normalized spacial score (nSPS) is 25.5. The van der Waals surface area contributed by atoms with Crippen molar-refractivity contribution in [3.05, 3.63) is 11.3 Å². The first-order valence-electron chi connectivity index (χ1n) is 10.7. The fraction of sp³-hybridized carbons (Fsp3) is 0.789. The topological polar surface area (TPSA) is 79.7 Å². The molecular formula is C19H31N7O2S. The third kappa shape index (κ3) is 4.56. The van der Waals surface area contributed by atoms with Crippen LogP contribution in [0.25, 0.3) is 0 Å². The van der Waals surface area contributed by atoms with E-state index in [0.29, 0.717) is 6.04 Å². The van der Waals surface area contributed by atoms with Crippen LogP contribution in [0.1, 0.15) is 6.42 Å². The van der Waals surface area contributed by atoms with Crippen molar-refractivity contribution in [3.63, 3.8) is 0 Å². The molecule has 1 unspecified atom stereocenters. The molecule has 0 radical (unpaired) electrons. The summed E-state index contributed by atoms with van der Waals surface area (Å²) in [6.07, 6.45) is 1.17. The molecule has 2 saturated heterocycles. The highest BCUT2D eigenvalue weighted by Gasteiger charge is 2.30. The van der Waals surface area contributed by atoms with Crippen molar-refractivity contribution in [2.24, 2.45) is 0 Å². The monoisotopic (exact) mass is 421 g/mol. The zero-order valence-corrected chi connectivity index (χ0v) is 17.8. The van der Waals surface area contributed by atoms with Crippen LogP contribution in [0.2, 0.25) is 0 Å². The van der Waals surface area contributed by atoms with Crippen molar-refractivity contribution in [1.29, 1.82) is 0 Å². The molecule has 0 amide bonds. The largest absolute Gasteiger partial charge is 0.379 e. The van der Waals surface area contributed by atoms with Crippen LogP contribution in [0.3, 0.4) is 0 Å². The van der Waals surface area contributed by atoms with E-state index in [1.54, 1.807) is 0 Å². The molecule has 5 heterocycles. The van der Waals surface area contributed by atoms with Gasteiger partial charge in [0.25, 0.3) is 0 Å². The average Bonchev–Trinajstić information content (AvgIpc) is 3.20. The van der Waals surface area contributed by atoms with Gasteiger partial charge in [-0.2, -0.15) is 16.7 Å². The molecule has 0 aliphatic carbocycles. The Labute approximate surface area is 176 Å². The predicted molar refractivity (Wildman–Crippen MR) is 115 cm³/mol. The lowest BCUT2D eigenvalue weighted by Crippen LogP contribution is -2.43. The van der Waals surface area contributed by atoms with Crippen LogP contribution in [0.15, 0.2) is 11.3 Å². The lowest BCUT2D eigenvalue weighted by molar-refractivity contribution is 0.0374. The molecule has 10 heteroatoms. The van der Waals surface area contributed by atoms with Gasteiger partial charge in [0.05, 0.1) is 39.0 Å². The number of hydrogen-bond donors (Lipinski definition) is 2. The Morgan fingerprint density at radius 2 is 1.90 bits per heavy atom. The van der Waals surface area contributed by atoms with Crippen LogP contribution in [-0.2, 0) is 16.0 Å². The smallest absolute Gasteiger partial charge is 0.246 e. The number of hydrogen-bond acceptors (Lipinski definition) is 9. The molecule has 1 atom stereocenters. The van der Waals surface area contributed by atoms with Gasteiger partial charge in [-0.05, 0) is 25.1 Å². The molecule has 1 aromatic rings. The van der Waals surface area contributed by atoms with E-state index in [1.807, 2.05) is 16.4 Å². The van der Waals surface area contributed by atoms with E-state index in [-0.39, 0.29) is 0 Å². The van der Waals surface area contributed by atoms with E-state index in [9.17, 15) is 0 Å². The van der Waals surface area contributed by atoms with Gasteiger partial charge in [0.1, 0.15) is 0 Å². The summed E-state index contributed by atoms with van der Waals surface area (Å²) in [5.41, 5.74) is 2.77. The molecule has 2 N–H and O–H groups in total. The van der Waals surface area contributed by atoms with Crippen molar-refractivity contribution in [2.45, 2.75) is 19.0 Å². The number of rotatable bonds is 6. The van der Waals surface area contributed by atoms with E-state index in [1.165, 1.54) is 17.7 Å². The van der Waals surface area contributed by atoms with E-state index in [2.05, 4.69) is 20.4 Å². The maximum Gasteiger partial charge on any atom is 0.246 e. The number of aromatic nitrogens is 3. The first-order chi connectivity index (χ1) is 14.4. The van der Waals surface area contributed by atoms with Gasteiger partial charge in [-0.25, -0.2) is 4.68 Å². The van der Waals surface area contributed by atoms with Crippen molar-refractivity contribution < 1.29 is 9.47 Å². The lowest BCUT2D eigenvalue weighted by atomic mass is 10.1. The second-order valence-corrected chi connectivity index (χ2v) is 8.99. The molecule has 4 aliphatic heterocycles. The number of morpholine rings is 2. The number of nitrogens with zero attached hydrogens (tertiary/aromatic N) is 5. The fourth-order valence-electron chi connectivity index (χ4n) is 4.31. The minimum atomic E-state index is 0.366. The second kappa shape index (κ2) is 9.22. The number of ether oxygens (including phenoxy) is 2. The highest BCUT2D eigenvalue weighted by atomic mass is 32.2. The molecule has 0 aromatic carbocycles.